The molecule has 0 fully saturated rings. The number of aromatic nitrogens is 1. The van der Waals surface area contributed by atoms with Crippen LogP contribution in [0, 0.1) is 5.92 Å². The Morgan fingerprint density at radius 1 is 0.971 bits per heavy atom. The zero-order chi connectivity index (χ0) is 23.6. The third-order valence-corrected chi connectivity index (χ3v) is 5.28. The number of guanidine groups is 1. The first-order valence-electron chi connectivity index (χ1n) is 11.4. The highest BCUT2D eigenvalue weighted by atomic mass is 127. The highest BCUT2D eigenvalue weighted by Gasteiger charge is 2.08. The van der Waals surface area contributed by atoms with E-state index < -0.39 is 0 Å². The third kappa shape index (κ3) is 8.52. The summed E-state index contributed by atoms with van der Waals surface area (Å²) >= 11 is 0. The van der Waals surface area contributed by atoms with Crippen LogP contribution in [0.4, 0.5) is 0 Å². The normalized spacial score (nSPS) is 12.1. The Kier molecular flexibility index (Phi) is 11.1. The summed E-state index contributed by atoms with van der Waals surface area (Å²) in [5.41, 5.74) is 3.39. The highest BCUT2D eigenvalue weighted by molar-refractivity contribution is 14.0. The largest absolute Gasteiger partial charge is 0.493 e. The van der Waals surface area contributed by atoms with Gasteiger partial charge >= 0.3 is 0 Å². The summed E-state index contributed by atoms with van der Waals surface area (Å²) in [6, 6.07) is 21.7. The number of benzene rings is 2. The molecule has 0 radical (unpaired) electrons. The minimum absolute atomic E-state index is 0. The Bertz CT molecular complexity index is 1090. The van der Waals surface area contributed by atoms with Crippen LogP contribution in [0.5, 0.6) is 5.75 Å². The molecule has 3 rings (SSSR count). The van der Waals surface area contributed by atoms with E-state index >= 15 is 0 Å². The van der Waals surface area contributed by atoms with Gasteiger partial charge in [-0.1, -0.05) is 56.3 Å². The zero-order valence-electron chi connectivity index (χ0n) is 20.3. The van der Waals surface area contributed by atoms with E-state index in [1.165, 1.54) is 0 Å². The van der Waals surface area contributed by atoms with Crippen molar-refractivity contribution in [1.29, 1.82) is 0 Å². The first kappa shape index (κ1) is 27.4. The second kappa shape index (κ2) is 13.8. The van der Waals surface area contributed by atoms with Gasteiger partial charge in [0.2, 0.25) is 0 Å². The van der Waals surface area contributed by atoms with Crippen LogP contribution in [0.1, 0.15) is 43.5 Å². The van der Waals surface area contributed by atoms with E-state index in [4.69, 9.17) is 4.74 Å². The summed E-state index contributed by atoms with van der Waals surface area (Å²) in [4.78, 5) is 16.2. The monoisotopic (exact) mass is 574 g/mol. The van der Waals surface area contributed by atoms with Crippen LogP contribution < -0.4 is 20.9 Å². The van der Waals surface area contributed by atoms with E-state index in [1.807, 2.05) is 18.2 Å². The van der Waals surface area contributed by atoms with E-state index in [9.17, 15) is 4.79 Å². The van der Waals surface area contributed by atoms with Crippen molar-refractivity contribution in [3.8, 4) is 5.75 Å². The van der Waals surface area contributed by atoms with E-state index in [0.717, 1.165) is 35.0 Å². The fraction of sp³-hybridized carbons (Fsp3) is 0.333. The molecule has 3 aromatic rings. The predicted octanol–water partition coefficient (Wildman–Crippen LogP) is 4.98. The van der Waals surface area contributed by atoms with Gasteiger partial charge in [0.05, 0.1) is 19.2 Å². The number of hydrogen-bond acceptors (Lipinski definition) is 3. The summed E-state index contributed by atoms with van der Waals surface area (Å²) < 4.78 is 7.46. The molecule has 7 heteroatoms. The molecular weight excluding hydrogens is 539 g/mol. The number of rotatable bonds is 9. The molecule has 1 aromatic heterocycles. The predicted molar refractivity (Wildman–Crippen MR) is 150 cm³/mol. The maximum Gasteiger partial charge on any atom is 0.250 e. The van der Waals surface area contributed by atoms with Crippen LogP contribution in [-0.2, 0) is 13.1 Å². The lowest BCUT2D eigenvalue weighted by Gasteiger charge is -2.19. The highest BCUT2D eigenvalue weighted by Crippen LogP contribution is 2.18. The Balaban J connectivity index is 0.00000408. The lowest BCUT2D eigenvalue weighted by atomic mass is 10.1. The fourth-order valence-corrected chi connectivity index (χ4v) is 3.33. The quantitative estimate of drug-likeness (QED) is 0.215. The SMILES string of the molecule is CN=C(NCc1ccc(Cn2ccccc2=O)cc1)NC(C)c1ccc(OCC(C)C)cc1.I. The first-order chi connectivity index (χ1) is 15.9. The average molecular weight is 575 g/mol. The molecule has 0 aliphatic carbocycles. The molecule has 6 nitrogen and oxygen atoms in total. The average Bonchev–Trinajstić information content (AvgIpc) is 2.83. The number of nitrogens with zero attached hydrogens (tertiary/aromatic N) is 2. The van der Waals surface area contributed by atoms with Crippen molar-refractivity contribution in [3.05, 3.63) is 100.0 Å². The number of pyridine rings is 1. The molecule has 2 N–H and O–H groups in total. The third-order valence-electron chi connectivity index (χ3n) is 5.28. The first-order valence-corrected chi connectivity index (χ1v) is 11.4. The lowest BCUT2D eigenvalue weighted by molar-refractivity contribution is 0.271. The van der Waals surface area contributed by atoms with Crippen molar-refractivity contribution in [2.24, 2.45) is 10.9 Å². The number of hydrogen-bond donors (Lipinski definition) is 2. The number of ether oxygens (including phenoxy) is 1. The minimum Gasteiger partial charge on any atom is -0.493 e. The number of nitrogens with one attached hydrogen (secondary N) is 2. The standard InChI is InChI=1S/C27H34N4O2.HI/c1-20(2)19-33-25-14-12-24(13-15-25)21(3)30-27(28-4)29-17-22-8-10-23(11-9-22)18-31-16-6-5-7-26(31)32;/h5-16,20-21H,17-19H2,1-4H3,(H2,28,29,30);1H. The van der Waals surface area contributed by atoms with E-state index in [0.29, 0.717) is 19.0 Å². The van der Waals surface area contributed by atoms with Gasteiger partial charge in [0.25, 0.3) is 5.56 Å². The van der Waals surface area contributed by atoms with Crippen molar-refractivity contribution < 1.29 is 4.74 Å². The van der Waals surface area contributed by atoms with Crippen molar-refractivity contribution in [2.75, 3.05) is 13.7 Å². The van der Waals surface area contributed by atoms with Crippen molar-refractivity contribution in [3.63, 3.8) is 0 Å². The van der Waals surface area contributed by atoms with Crippen molar-refractivity contribution >= 4 is 29.9 Å². The maximum absolute atomic E-state index is 11.9. The molecule has 0 spiro atoms. The van der Waals surface area contributed by atoms with Crippen molar-refractivity contribution in [2.45, 2.75) is 39.9 Å². The Morgan fingerprint density at radius 3 is 2.26 bits per heavy atom. The Labute approximate surface area is 219 Å². The Hall–Kier alpha value is -2.81. The molecule has 0 bridgehead atoms. The van der Waals surface area contributed by atoms with Gasteiger partial charge in [0, 0.05) is 25.9 Å². The van der Waals surface area contributed by atoms with Gasteiger partial charge in [-0.25, -0.2) is 0 Å². The summed E-state index contributed by atoms with van der Waals surface area (Å²) in [6.45, 7) is 8.32. The summed E-state index contributed by atoms with van der Waals surface area (Å²) in [7, 11) is 1.77. The van der Waals surface area contributed by atoms with Gasteiger partial charge in [-0.15, -0.1) is 24.0 Å². The van der Waals surface area contributed by atoms with Crippen LogP contribution in [-0.4, -0.2) is 24.2 Å². The summed E-state index contributed by atoms with van der Waals surface area (Å²) in [5.74, 6) is 2.13. The molecule has 1 atom stereocenters. The molecule has 0 saturated heterocycles. The smallest absolute Gasteiger partial charge is 0.250 e. The number of aliphatic imine (C=N–C) groups is 1. The van der Waals surface area contributed by atoms with Gasteiger partial charge in [0.15, 0.2) is 5.96 Å². The second-order valence-corrected chi connectivity index (χ2v) is 8.55. The van der Waals surface area contributed by atoms with Gasteiger partial charge in [0.1, 0.15) is 5.75 Å². The van der Waals surface area contributed by atoms with Gasteiger partial charge < -0.3 is 19.9 Å². The van der Waals surface area contributed by atoms with E-state index in [1.54, 1.807) is 29.9 Å². The topological polar surface area (TPSA) is 67.7 Å². The second-order valence-electron chi connectivity index (χ2n) is 8.55. The Morgan fingerprint density at radius 2 is 1.65 bits per heavy atom. The van der Waals surface area contributed by atoms with Crippen LogP contribution in [0.3, 0.4) is 0 Å². The molecule has 34 heavy (non-hydrogen) atoms. The van der Waals surface area contributed by atoms with Gasteiger partial charge in [-0.05, 0) is 47.7 Å². The maximum atomic E-state index is 11.9. The summed E-state index contributed by atoms with van der Waals surface area (Å²) in [5, 5.41) is 6.80. The van der Waals surface area contributed by atoms with Crippen LogP contribution in [0.15, 0.2) is 82.7 Å². The van der Waals surface area contributed by atoms with Crippen LogP contribution in [0.25, 0.3) is 0 Å². The van der Waals surface area contributed by atoms with E-state index in [2.05, 4.69) is 72.8 Å². The molecule has 1 unspecified atom stereocenters. The fourth-order valence-electron chi connectivity index (χ4n) is 3.33. The summed E-state index contributed by atoms with van der Waals surface area (Å²) in [6.07, 6.45) is 1.81. The number of halogens is 1. The molecule has 0 saturated carbocycles. The van der Waals surface area contributed by atoms with Crippen LogP contribution in [0.2, 0.25) is 0 Å². The van der Waals surface area contributed by atoms with Crippen molar-refractivity contribution in [1.82, 2.24) is 15.2 Å². The molecule has 0 amide bonds. The minimum atomic E-state index is 0. The molecular formula is C27H35IN4O2. The van der Waals surface area contributed by atoms with E-state index in [-0.39, 0.29) is 35.6 Å². The van der Waals surface area contributed by atoms with Gasteiger partial charge in [-0.3, -0.25) is 9.79 Å². The molecule has 2 aromatic carbocycles. The molecule has 0 aliphatic rings. The molecule has 1 heterocycles. The molecule has 0 aliphatic heterocycles. The van der Waals surface area contributed by atoms with Crippen LogP contribution >= 0.6 is 24.0 Å². The molecule has 182 valence electrons. The zero-order valence-corrected chi connectivity index (χ0v) is 22.7. The lowest BCUT2D eigenvalue weighted by Crippen LogP contribution is -2.38. The van der Waals surface area contributed by atoms with Gasteiger partial charge in [-0.2, -0.15) is 0 Å².